The standard InChI is InChI=1S/C13H22N4O4/c1-8(18)10(11(15)20)17-7-13(12(17)21)3-2-4-16(6-13)9(19)5-14/h8,10,18H,2-7,14H2,1H3,(H2,15,20)/t8-,10+,13?/m1/s1. The SMILES string of the molecule is C[C@@H](O)[C@@H](C(N)=O)N1CC2(CCCN(C(=O)CN)C2)C1=O. The first-order valence-electron chi connectivity index (χ1n) is 7.09. The number of nitrogens with zero attached hydrogens (tertiary/aromatic N) is 2. The molecule has 3 amide bonds. The first-order chi connectivity index (χ1) is 9.82. The fraction of sp³-hybridized carbons (Fsp3) is 0.769. The topological polar surface area (TPSA) is 130 Å². The summed E-state index contributed by atoms with van der Waals surface area (Å²) in [6, 6.07) is -1.01. The number of carbonyl (C=O) groups is 3. The molecule has 2 fully saturated rings. The van der Waals surface area contributed by atoms with E-state index in [1.807, 2.05) is 0 Å². The van der Waals surface area contributed by atoms with Gasteiger partial charge in [0, 0.05) is 19.6 Å². The molecule has 3 atom stereocenters. The highest BCUT2D eigenvalue weighted by atomic mass is 16.3. The molecule has 8 heteroatoms. The molecule has 0 aliphatic carbocycles. The van der Waals surface area contributed by atoms with Crippen molar-refractivity contribution in [3.63, 3.8) is 0 Å². The lowest BCUT2D eigenvalue weighted by Crippen LogP contribution is -2.72. The minimum atomic E-state index is -1.02. The Balaban J connectivity index is 2.09. The Morgan fingerprint density at radius 2 is 2.10 bits per heavy atom. The number of β-lactam (4-membered cyclic amide) rings is 1. The number of hydrogen-bond donors (Lipinski definition) is 3. The summed E-state index contributed by atoms with van der Waals surface area (Å²) in [5.74, 6) is -1.12. The van der Waals surface area contributed by atoms with Crippen LogP contribution in [-0.2, 0) is 14.4 Å². The summed E-state index contributed by atoms with van der Waals surface area (Å²) >= 11 is 0. The van der Waals surface area contributed by atoms with Gasteiger partial charge in [-0.25, -0.2) is 0 Å². The van der Waals surface area contributed by atoms with E-state index >= 15 is 0 Å². The van der Waals surface area contributed by atoms with Crippen molar-refractivity contribution >= 4 is 17.7 Å². The van der Waals surface area contributed by atoms with E-state index in [2.05, 4.69) is 0 Å². The minimum absolute atomic E-state index is 0.0778. The fourth-order valence-corrected chi connectivity index (χ4v) is 3.33. The molecular weight excluding hydrogens is 276 g/mol. The van der Waals surface area contributed by atoms with E-state index in [1.54, 1.807) is 4.90 Å². The molecule has 118 valence electrons. The van der Waals surface area contributed by atoms with Crippen LogP contribution in [0.1, 0.15) is 19.8 Å². The van der Waals surface area contributed by atoms with Crippen molar-refractivity contribution in [2.75, 3.05) is 26.2 Å². The van der Waals surface area contributed by atoms with Gasteiger partial charge in [0.25, 0.3) is 0 Å². The van der Waals surface area contributed by atoms with Gasteiger partial charge in [0.05, 0.1) is 18.1 Å². The number of hydrogen-bond acceptors (Lipinski definition) is 5. The molecule has 2 aliphatic heterocycles. The lowest BCUT2D eigenvalue weighted by atomic mass is 9.71. The van der Waals surface area contributed by atoms with Gasteiger partial charge in [-0.1, -0.05) is 0 Å². The molecule has 0 aromatic rings. The Kier molecular flexibility index (Phi) is 4.20. The highest BCUT2D eigenvalue weighted by Gasteiger charge is 2.57. The smallest absolute Gasteiger partial charge is 0.242 e. The summed E-state index contributed by atoms with van der Waals surface area (Å²) < 4.78 is 0. The average molecular weight is 298 g/mol. The van der Waals surface area contributed by atoms with Gasteiger partial charge in [-0.3, -0.25) is 14.4 Å². The number of rotatable bonds is 4. The first-order valence-corrected chi connectivity index (χ1v) is 7.09. The van der Waals surface area contributed by atoms with Crippen molar-refractivity contribution in [1.82, 2.24) is 9.80 Å². The first kappa shape index (κ1) is 15.7. The van der Waals surface area contributed by atoms with Crippen LogP contribution in [0.2, 0.25) is 0 Å². The lowest BCUT2D eigenvalue weighted by molar-refractivity contribution is -0.178. The quantitative estimate of drug-likeness (QED) is 0.499. The number of aliphatic hydroxyl groups is 1. The molecule has 0 aromatic heterocycles. The van der Waals surface area contributed by atoms with Crippen LogP contribution < -0.4 is 11.5 Å². The maximum Gasteiger partial charge on any atom is 0.242 e. The van der Waals surface area contributed by atoms with Gasteiger partial charge in [0.15, 0.2) is 0 Å². The van der Waals surface area contributed by atoms with Gasteiger partial charge in [0.1, 0.15) is 6.04 Å². The van der Waals surface area contributed by atoms with E-state index < -0.39 is 23.5 Å². The van der Waals surface area contributed by atoms with Gasteiger partial charge in [-0.05, 0) is 19.8 Å². The van der Waals surface area contributed by atoms with E-state index in [-0.39, 0.29) is 18.4 Å². The number of nitrogens with two attached hydrogens (primary N) is 2. The molecule has 1 unspecified atom stereocenters. The summed E-state index contributed by atoms with van der Waals surface area (Å²) in [5.41, 5.74) is 9.96. The van der Waals surface area contributed by atoms with Crippen LogP contribution in [0.5, 0.6) is 0 Å². The molecule has 0 saturated carbocycles. The molecular formula is C13H22N4O4. The Hall–Kier alpha value is -1.67. The minimum Gasteiger partial charge on any atom is -0.391 e. The Labute approximate surface area is 123 Å². The normalized spacial score (nSPS) is 28.2. The third-order valence-corrected chi connectivity index (χ3v) is 4.38. The van der Waals surface area contributed by atoms with Crippen LogP contribution in [0, 0.1) is 5.41 Å². The molecule has 0 bridgehead atoms. The predicted octanol–water partition coefficient (Wildman–Crippen LogP) is -2.37. The van der Waals surface area contributed by atoms with Crippen molar-refractivity contribution in [3.8, 4) is 0 Å². The summed E-state index contributed by atoms with van der Waals surface area (Å²) in [5, 5.41) is 9.63. The van der Waals surface area contributed by atoms with Crippen LogP contribution in [0.25, 0.3) is 0 Å². The van der Waals surface area contributed by atoms with Gasteiger partial charge in [-0.2, -0.15) is 0 Å². The largest absolute Gasteiger partial charge is 0.391 e. The van der Waals surface area contributed by atoms with Gasteiger partial charge in [-0.15, -0.1) is 0 Å². The van der Waals surface area contributed by atoms with Gasteiger partial charge >= 0.3 is 0 Å². The molecule has 0 radical (unpaired) electrons. The van der Waals surface area contributed by atoms with Gasteiger partial charge in [0.2, 0.25) is 17.7 Å². The van der Waals surface area contributed by atoms with E-state index in [4.69, 9.17) is 11.5 Å². The van der Waals surface area contributed by atoms with E-state index in [9.17, 15) is 19.5 Å². The fourth-order valence-electron chi connectivity index (χ4n) is 3.33. The highest BCUT2D eigenvalue weighted by Crippen LogP contribution is 2.41. The van der Waals surface area contributed by atoms with Crippen LogP contribution in [0.3, 0.4) is 0 Å². The number of aliphatic hydroxyl groups excluding tert-OH is 1. The van der Waals surface area contributed by atoms with Crippen LogP contribution in [-0.4, -0.2) is 71.0 Å². The van der Waals surface area contributed by atoms with Crippen molar-refractivity contribution < 1.29 is 19.5 Å². The van der Waals surface area contributed by atoms with Crippen LogP contribution >= 0.6 is 0 Å². The average Bonchev–Trinajstić information content (AvgIpc) is 2.45. The lowest BCUT2D eigenvalue weighted by Gasteiger charge is -2.55. The summed E-state index contributed by atoms with van der Waals surface area (Å²) in [4.78, 5) is 38.5. The molecule has 2 aliphatic rings. The second-order valence-corrected chi connectivity index (χ2v) is 5.92. The van der Waals surface area contributed by atoms with Crippen molar-refractivity contribution in [3.05, 3.63) is 0 Å². The van der Waals surface area contributed by atoms with Crippen molar-refractivity contribution in [2.24, 2.45) is 16.9 Å². The van der Waals surface area contributed by atoms with Crippen molar-refractivity contribution in [2.45, 2.75) is 31.9 Å². The second-order valence-electron chi connectivity index (χ2n) is 5.92. The van der Waals surface area contributed by atoms with E-state index in [0.29, 0.717) is 26.1 Å². The Morgan fingerprint density at radius 3 is 2.57 bits per heavy atom. The van der Waals surface area contributed by atoms with Crippen molar-refractivity contribution in [1.29, 1.82) is 0 Å². The predicted molar refractivity (Wildman–Crippen MR) is 73.7 cm³/mol. The number of carbonyl (C=O) groups excluding carboxylic acids is 3. The molecule has 1 spiro atoms. The van der Waals surface area contributed by atoms with Crippen LogP contribution in [0.15, 0.2) is 0 Å². The molecule has 0 aromatic carbocycles. The number of primary amides is 1. The Morgan fingerprint density at radius 1 is 1.43 bits per heavy atom. The van der Waals surface area contributed by atoms with Crippen LogP contribution in [0.4, 0.5) is 0 Å². The zero-order valence-electron chi connectivity index (χ0n) is 12.1. The third kappa shape index (κ3) is 2.60. The maximum atomic E-state index is 12.5. The summed E-state index contributed by atoms with van der Waals surface area (Å²) in [7, 11) is 0. The number of likely N-dealkylation sites (tertiary alicyclic amines) is 2. The molecule has 2 saturated heterocycles. The summed E-state index contributed by atoms with van der Waals surface area (Å²) in [6.45, 7) is 2.60. The molecule has 2 rings (SSSR count). The molecule has 2 heterocycles. The highest BCUT2D eigenvalue weighted by molar-refractivity contribution is 5.95. The van der Waals surface area contributed by atoms with Gasteiger partial charge < -0.3 is 26.4 Å². The Bertz CT molecular complexity index is 467. The number of piperidine rings is 1. The third-order valence-electron chi connectivity index (χ3n) is 4.38. The maximum absolute atomic E-state index is 12.5. The molecule has 5 N–H and O–H groups in total. The zero-order valence-corrected chi connectivity index (χ0v) is 12.1. The number of amides is 3. The summed E-state index contributed by atoms with van der Waals surface area (Å²) in [6.07, 6.45) is 0.373. The molecule has 8 nitrogen and oxygen atoms in total. The second kappa shape index (κ2) is 5.61. The van der Waals surface area contributed by atoms with E-state index in [1.165, 1.54) is 11.8 Å². The monoisotopic (exact) mass is 298 g/mol. The molecule has 21 heavy (non-hydrogen) atoms. The van der Waals surface area contributed by atoms with E-state index in [0.717, 1.165) is 6.42 Å². The zero-order chi connectivity index (χ0) is 15.8.